The van der Waals surface area contributed by atoms with Crippen LogP contribution in [0.15, 0.2) is 30.3 Å². The van der Waals surface area contributed by atoms with Gasteiger partial charge in [0.1, 0.15) is 0 Å². The van der Waals surface area contributed by atoms with Gasteiger partial charge in [0, 0.05) is 12.2 Å². The highest BCUT2D eigenvalue weighted by Crippen LogP contribution is 2.26. The number of sulfone groups is 1. The third-order valence-electron chi connectivity index (χ3n) is 3.70. The van der Waals surface area contributed by atoms with Crippen molar-refractivity contribution in [1.29, 1.82) is 0 Å². The number of benzene rings is 1. The standard InChI is InChI=1S/C15H23NO2S/c17-19(18,13-14-7-4-5-8-14)12-6-11-16-15-9-2-1-3-10-15/h1-3,9-10,14,16H,4-8,11-13H2. The Kier molecular flexibility index (Phi) is 5.25. The molecular formula is C15H23NO2S. The van der Waals surface area contributed by atoms with E-state index in [1.807, 2.05) is 30.3 Å². The molecule has 1 saturated carbocycles. The van der Waals surface area contributed by atoms with E-state index in [4.69, 9.17) is 0 Å². The zero-order valence-electron chi connectivity index (χ0n) is 11.3. The fourth-order valence-electron chi connectivity index (χ4n) is 2.70. The van der Waals surface area contributed by atoms with E-state index in [0.29, 0.717) is 30.4 Å². The first-order valence-corrected chi connectivity index (χ1v) is 8.97. The molecule has 2 rings (SSSR count). The van der Waals surface area contributed by atoms with Crippen LogP contribution >= 0.6 is 0 Å². The van der Waals surface area contributed by atoms with Crippen LogP contribution in [-0.4, -0.2) is 26.5 Å². The lowest BCUT2D eigenvalue weighted by molar-refractivity contribution is 0.557. The fraction of sp³-hybridized carbons (Fsp3) is 0.600. The Morgan fingerprint density at radius 1 is 1.11 bits per heavy atom. The van der Waals surface area contributed by atoms with Crippen molar-refractivity contribution in [2.75, 3.05) is 23.4 Å². The van der Waals surface area contributed by atoms with E-state index >= 15 is 0 Å². The maximum Gasteiger partial charge on any atom is 0.150 e. The molecule has 0 aromatic heterocycles. The van der Waals surface area contributed by atoms with Crippen LogP contribution in [-0.2, 0) is 9.84 Å². The molecule has 1 aliphatic carbocycles. The first-order chi connectivity index (χ1) is 9.16. The summed E-state index contributed by atoms with van der Waals surface area (Å²) in [6.45, 7) is 0.716. The minimum atomic E-state index is -2.86. The molecule has 0 bridgehead atoms. The summed E-state index contributed by atoms with van der Waals surface area (Å²) in [5.74, 6) is 1.13. The highest BCUT2D eigenvalue weighted by atomic mass is 32.2. The summed E-state index contributed by atoms with van der Waals surface area (Å²) >= 11 is 0. The van der Waals surface area contributed by atoms with Gasteiger partial charge < -0.3 is 5.32 Å². The van der Waals surface area contributed by atoms with Crippen LogP contribution in [0.3, 0.4) is 0 Å². The summed E-state index contributed by atoms with van der Waals surface area (Å²) < 4.78 is 23.9. The molecule has 0 saturated heterocycles. The summed E-state index contributed by atoms with van der Waals surface area (Å²) in [4.78, 5) is 0. The lowest BCUT2D eigenvalue weighted by atomic mass is 10.1. The Hall–Kier alpha value is -1.03. The van der Waals surface area contributed by atoms with Crippen molar-refractivity contribution in [3.63, 3.8) is 0 Å². The maximum atomic E-state index is 12.0. The normalized spacial score (nSPS) is 16.6. The summed E-state index contributed by atoms with van der Waals surface area (Å²) in [6, 6.07) is 9.90. The smallest absolute Gasteiger partial charge is 0.150 e. The van der Waals surface area contributed by atoms with Crippen LogP contribution in [0.25, 0.3) is 0 Å². The first kappa shape index (κ1) is 14.4. The van der Waals surface area contributed by atoms with E-state index in [9.17, 15) is 8.42 Å². The second kappa shape index (κ2) is 6.94. The van der Waals surface area contributed by atoms with Gasteiger partial charge in [-0.1, -0.05) is 31.0 Å². The molecule has 106 valence electrons. The highest BCUT2D eigenvalue weighted by molar-refractivity contribution is 7.91. The van der Waals surface area contributed by atoms with Gasteiger partial charge in [-0.2, -0.15) is 0 Å². The molecule has 3 nitrogen and oxygen atoms in total. The molecule has 0 heterocycles. The molecule has 0 aliphatic heterocycles. The first-order valence-electron chi connectivity index (χ1n) is 7.15. The van der Waals surface area contributed by atoms with Crippen LogP contribution in [0.2, 0.25) is 0 Å². The molecule has 1 aromatic rings. The molecule has 0 amide bonds. The van der Waals surface area contributed by atoms with Gasteiger partial charge >= 0.3 is 0 Å². The zero-order chi connectivity index (χ0) is 13.6. The second-order valence-electron chi connectivity index (χ2n) is 5.41. The largest absolute Gasteiger partial charge is 0.385 e. The van der Waals surface area contributed by atoms with Crippen LogP contribution in [0, 0.1) is 5.92 Å². The molecule has 0 atom stereocenters. The van der Waals surface area contributed by atoms with Gasteiger partial charge in [0.2, 0.25) is 0 Å². The molecule has 19 heavy (non-hydrogen) atoms. The molecule has 1 aromatic carbocycles. The van der Waals surface area contributed by atoms with Crippen molar-refractivity contribution >= 4 is 15.5 Å². The number of para-hydroxylation sites is 1. The average Bonchev–Trinajstić information content (AvgIpc) is 2.88. The number of rotatable bonds is 7. The topological polar surface area (TPSA) is 46.2 Å². The number of nitrogens with one attached hydrogen (secondary N) is 1. The Bertz CT molecular complexity index is 464. The molecular weight excluding hydrogens is 258 g/mol. The van der Waals surface area contributed by atoms with E-state index in [1.165, 1.54) is 12.8 Å². The van der Waals surface area contributed by atoms with Gasteiger partial charge in [0.05, 0.1) is 11.5 Å². The molecule has 0 spiro atoms. The van der Waals surface area contributed by atoms with Crippen molar-refractivity contribution in [1.82, 2.24) is 0 Å². The van der Waals surface area contributed by atoms with E-state index < -0.39 is 9.84 Å². The monoisotopic (exact) mass is 281 g/mol. The molecule has 0 unspecified atom stereocenters. The van der Waals surface area contributed by atoms with Crippen LogP contribution in [0.5, 0.6) is 0 Å². The number of hydrogen-bond donors (Lipinski definition) is 1. The summed E-state index contributed by atoms with van der Waals surface area (Å²) in [5.41, 5.74) is 1.05. The van der Waals surface area contributed by atoms with Gasteiger partial charge in [-0.3, -0.25) is 0 Å². The third kappa shape index (κ3) is 5.23. The molecule has 0 radical (unpaired) electrons. The minimum Gasteiger partial charge on any atom is -0.385 e. The van der Waals surface area contributed by atoms with Gasteiger partial charge in [-0.25, -0.2) is 8.42 Å². The Balaban J connectivity index is 1.66. The van der Waals surface area contributed by atoms with Gasteiger partial charge in [0.15, 0.2) is 9.84 Å². The quantitative estimate of drug-likeness (QED) is 0.781. The van der Waals surface area contributed by atoms with Crippen LogP contribution in [0.4, 0.5) is 5.69 Å². The maximum absolute atomic E-state index is 12.0. The number of anilines is 1. The van der Waals surface area contributed by atoms with Crippen molar-refractivity contribution in [2.45, 2.75) is 32.1 Å². The van der Waals surface area contributed by atoms with Crippen molar-refractivity contribution in [3.8, 4) is 0 Å². The van der Waals surface area contributed by atoms with Gasteiger partial charge in [-0.15, -0.1) is 0 Å². The van der Waals surface area contributed by atoms with Crippen molar-refractivity contribution < 1.29 is 8.42 Å². The Labute approximate surface area is 116 Å². The SMILES string of the molecule is O=S(=O)(CCCNc1ccccc1)CC1CCCC1. The van der Waals surface area contributed by atoms with Gasteiger partial charge in [0.25, 0.3) is 0 Å². The minimum absolute atomic E-state index is 0.309. The lowest BCUT2D eigenvalue weighted by Crippen LogP contribution is -2.19. The molecule has 1 fully saturated rings. The average molecular weight is 281 g/mol. The van der Waals surface area contributed by atoms with Crippen molar-refractivity contribution in [3.05, 3.63) is 30.3 Å². The lowest BCUT2D eigenvalue weighted by Gasteiger charge is -2.10. The van der Waals surface area contributed by atoms with Crippen molar-refractivity contribution in [2.24, 2.45) is 5.92 Å². The van der Waals surface area contributed by atoms with Gasteiger partial charge in [-0.05, 0) is 37.3 Å². The summed E-state index contributed by atoms with van der Waals surface area (Å²) in [5, 5.41) is 3.25. The highest BCUT2D eigenvalue weighted by Gasteiger charge is 2.22. The molecule has 4 heteroatoms. The van der Waals surface area contributed by atoms with E-state index in [2.05, 4.69) is 5.32 Å². The molecule has 1 N–H and O–H groups in total. The van der Waals surface area contributed by atoms with E-state index in [1.54, 1.807) is 0 Å². The predicted molar refractivity (Wildman–Crippen MR) is 80.2 cm³/mol. The van der Waals surface area contributed by atoms with Crippen LogP contribution < -0.4 is 5.32 Å². The fourth-order valence-corrected chi connectivity index (χ4v) is 4.50. The Morgan fingerprint density at radius 2 is 1.79 bits per heavy atom. The third-order valence-corrected chi connectivity index (χ3v) is 5.59. The van der Waals surface area contributed by atoms with Crippen LogP contribution in [0.1, 0.15) is 32.1 Å². The van der Waals surface area contributed by atoms with E-state index in [-0.39, 0.29) is 0 Å². The zero-order valence-corrected chi connectivity index (χ0v) is 12.2. The number of hydrogen-bond acceptors (Lipinski definition) is 3. The Morgan fingerprint density at radius 3 is 2.47 bits per heavy atom. The second-order valence-corrected chi connectivity index (χ2v) is 7.64. The summed E-state index contributed by atoms with van der Waals surface area (Å²) in [6.07, 6.45) is 5.29. The van der Waals surface area contributed by atoms with E-state index in [0.717, 1.165) is 18.5 Å². The molecule has 1 aliphatic rings. The predicted octanol–water partition coefficient (Wildman–Crippen LogP) is 3.09. The summed E-state index contributed by atoms with van der Waals surface area (Å²) in [7, 11) is -2.86.